The van der Waals surface area contributed by atoms with Crippen LogP contribution < -0.4 is 5.48 Å². The van der Waals surface area contributed by atoms with Gasteiger partial charge in [0.05, 0.1) is 6.10 Å². The second-order valence-electron chi connectivity index (χ2n) is 3.34. The number of aliphatic hydroxyl groups is 1. The van der Waals surface area contributed by atoms with Gasteiger partial charge in [-0.1, -0.05) is 12.1 Å². The summed E-state index contributed by atoms with van der Waals surface area (Å²) in [6.45, 7) is 0. The fourth-order valence-electron chi connectivity index (χ4n) is 1.21. The number of phenolic OH excluding ortho intramolecular Hbond substituents is 1. The molecule has 1 rings (SSSR count). The van der Waals surface area contributed by atoms with Crippen LogP contribution in [0.3, 0.4) is 0 Å². The van der Waals surface area contributed by atoms with Crippen LogP contribution in [0.5, 0.6) is 5.75 Å². The van der Waals surface area contributed by atoms with Crippen molar-refractivity contribution in [3.05, 3.63) is 41.7 Å². The second-order valence-corrected chi connectivity index (χ2v) is 3.34. The molecule has 1 aromatic rings. The highest BCUT2D eigenvalue weighted by Crippen LogP contribution is 2.22. The minimum Gasteiger partial charge on any atom is -0.505 e. The zero-order valence-electron chi connectivity index (χ0n) is 8.80. The Balaban J connectivity index is 2.63. The molecule has 6 heteroatoms. The van der Waals surface area contributed by atoms with Gasteiger partial charge in [-0.3, -0.25) is 10.0 Å². The SMILES string of the molecule is O=C(/C=C/C[C@@H](O)c1ccc(O)c(F)c1)NO. The van der Waals surface area contributed by atoms with E-state index in [0.29, 0.717) is 0 Å². The molecule has 0 unspecified atom stereocenters. The molecule has 1 atom stereocenters. The van der Waals surface area contributed by atoms with Crippen molar-refractivity contribution in [2.45, 2.75) is 12.5 Å². The molecule has 0 radical (unpaired) electrons. The Morgan fingerprint density at radius 3 is 2.82 bits per heavy atom. The van der Waals surface area contributed by atoms with Crippen molar-refractivity contribution in [3.8, 4) is 5.75 Å². The van der Waals surface area contributed by atoms with Gasteiger partial charge in [-0.05, 0) is 24.1 Å². The molecule has 0 bridgehead atoms. The van der Waals surface area contributed by atoms with Gasteiger partial charge < -0.3 is 10.2 Å². The van der Waals surface area contributed by atoms with Crippen LogP contribution >= 0.6 is 0 Å². The number of aliphatic hydroxyl groups excluding tert-OH is 1. The molecular formula is C11H12FNO4. The molecule has 4 N–H and O–H groups in total. The van der Waals surface area contributed by atoms with Crippen LogP contribution in [0.4, 0.5) is 4.39 Å². The maximum atomic E-state index is 13.0. The van der Waals surface area contributed by atoms with E-state index in [9.17, 15) is 14.3 Å². The largest absolute Gasteiger partial charge is 0.505 e. The topological polar surface area (TPSA) is 89.8 Å². The molecule has 0 aliphatic rings. The lowest BCUT2D eigenvalue weighted by molar-refractivity contribution is -0.124. The fraction of sp³-hybridized carbons (Fsp3) is 0.182. The average molecular weight is 241 g/mol. The molecule has 0 aliphatic heterocycles. The summed E-state index contributed by atoms with van der Waals surface area (Å²) in [5, 5.41) is 26.8. The summed E-state index contributed by atoms with van der Waals surface area (Å²) in [4.78, 5) is 10.6. The van der Waals surface area contributed by atoms with Crippen molar-refractivity contribution in [2.75, 3.05) is 0 Å². The third-order valence-electron chi connectivity index (χ3n) is 2.10. The zero-order valence-corrected chi connectivity index (χ0v) is 8.80. The molecule has 0 saturated carbocycles. The molecule has 5 nitrogen and oxygen atoms in total. The summed E-state index contributed by atoms with van der Waals surface area (Å²) in [7, 11) is 0. The number of hydrogen-bond donors (Lipinski definition) is 4. The minimum absolute atomic E-state index is 0.0810. The van der Waals surface area contributed by atoms with Gasteiger partial charge >= 0.3 is 0 Å². The summed E-state index contributed by atoms with van der Waals surface area (Å²) in [6, 6.07) is 3.53. The number of nitrogens with one attached hydrogen (secondary N) is 1. The summed E-state index contributed by atoms with van der Waals surface area (Å²) >= 11 is 0. The molecule has 0 aliphatic carbocycles. The highest BCUT2D eigenvalue weighted by molar-refractivity contribution is 5.86. The van der Waals surface area contributed by atoms with Crippen LogP contribution in [0.25, 0.3) is 0 Å². The third kappa shape index (κ3) is 3.86. The fourth-order valence-corrected chi connectivity index (χ4v) is 1.21. The first-order chi connectivity index (χ1) is 8.04. The Bertz CT molecular complexity index is 433. The molecule has 0 fully saturated rings. The highest BCUT2D eigenvalue weighted by Gasteiger charge is 2.09. The number of carbonyl (C=O) groups is 1. The Morgan fingerprint density at radius 1 is 1.53 bits per heavy atom. The lowest BCUT2D eigenvalue weighted by Gasteiger charge is -2.08. The molecule has 0 spiro atoms. The predicted molar refractivity (Wildman–Crippen MR) is 56.7 cm³/mol. The molecule has 0 aromatic heterocycles. The van der Waals surface area contributed by atoms with Crippen molar-refractivity contribution in [1.82, 2.24) is 5.48 Å². The first kappa shape index (κ1) is 13.1. The molecule has 1 aromatic carbocycles. The highest BCUT2D eigenvalue weighted by atomic mass is 19.1. The molecule has 0 saturated heterocycles. The van der Waals surface area contributed by atoms with Crippen molar-refractivity contribution < 1.29 is 24.6 Å². The van der Waals surface area contributed by atoms with Gasteiger partial charge in [0.15, 0.2) is 11.6 Å². The number of phenols is 1. The normalized spacial score (nSPS) is 12.6. The van der Waals surface area contributed by atoms with Gasteiger partial charge in [-0.25, -0.2) is 9.87 Å². The van der Waals surface area contributed by atoms with Gasteiger partial charge in [-0.2, -0.15) is 0 Å². The van der Waals surface area contributed by atoms with Crippen LogP contribution in [0, 0.1) is 5.82 Å². The van der Waals surface area contributed by atoms with Crippen molar-refractivity contribution in [3.63, 3.8) is 0 Å². The van der Waals surface area contributed by atoms with Crippen molar-refractivity contribution in [2.24, 2.45) is 0 Å². The van der Waals surface area contributed by atoms with E-state index < -0.39 is 23.6 Å². The Hall–Kier alpha value is -1.92. The number of halogens is 1. The van der Waals surface area contributed by atoms with E-state index in [2.05, 4.69) is 0 Å². The van der Waals surface area contributed by atoms with E-state index in [4.69, 9.17) is 10.3 Å². The van der Waals surface area contributed by atoms with Gasteiger partial charge in [0, 0.05) is 6.08 Å². The number of hydrogen-bond acceptors (Lipinski definition) is 4. The quantitative estimate of drug-likeness (QED) is 0.360. The number of rotatable bonds is 4. The number of carbonyl (C=O) groups excluding carboxylic acids is 1. The minimum atomic E-state index is -0.993. The van der Waals surface area contributed by atoms with Crippen LogP contribution in [0.15, 0.2) is 30.4 Å². The van der Waals surface area contributed by atoms with E-state index in [1.165, 1.54) is 17.6 Å². The molecule has 1 amide bonds. The van der Waals surface area contributed by atoms with Crippen LogP contribution in [-0.2, 0) is 4.79 Å². The van der Waals surface area contributed by atoms with Crippen molar-refractivity contribution in [1.29, 1.82) is 0 Å². The van der Waals surface area contributed by atoms with Gasteiger partial charge in [-0.15, -0.1) is 0 Å². The third-order valence-corrected chi connectivity index (χ3v) is 2.10. The van der Waals surface area contributed by atoms with Crippen LogP contribution in [0.2, 0.25) is 0 Å². The Morgan fingerprint density at radius 2 is 2.24 bits per heavy atom. The van der Waals surface area contributed by atoms with Gasteiger partial charge in [0.2, 0.25) is 0 Å². The summed E-state index contributed by atoms with van der Waals surface area (Å²) in [6.07, 6.45) is 1.46. The van der Waals surface area contributed by atoms with E-state index in [1.807, 2.05) is 0 Å². The maximum absolute atomic E-state index is 13.0. The van der Waals surface area contributed by atoms with Crippen molar-refractivity contribution >= 4 is 5.91 Å². The number of benzene rings is 1. The van der Waals surface area contributed by atoms with E-state index in [-0.39, 0.29) is 12.0 Å². The summed E-state index contributed by atoms with van der Waals surface area (Å²) in [5.41, 5.74) is 1.68. The Kier molecular flexibility index (Phi) is 4.62. The maximum Gasteiger partial charge on any atom is 0.267 e. The van der Waals surface area contributed by atoms with Gasteiger partial charge in [0.25, 0.3) is 5.91 Å². The predicted octanol–water partition coefficient (Wildman–Crippen LogP) is 1.02. The van der Waals surface area contributed by atoms with E-state index in [0.717, 1.165) is 18.2 Å². The molecule has 0 heterocycles. The Labute approximate surface area is 96.8 Å². The summed E-state index contributed by atoms with van der Waals surface area (Å²) in [5.74, 6) is -2.02. The summed E-state index contributed by atoms with van der Waals surface area (Å²) < 4.78 is 13.0. The lowest BCUT2D eigenvalue weighted by Crippen LogP contribution is -2.15. The second kappa shape index (κ2) is 5.97. The standard InChI is InChI=1S/C11H12FNO4/c12-8-6-7(4-5-10(8)15)9(14)2-1-3-11(16)13-17/h1,3-6,9,14-15,17H,2H2,(H,13,16)/b3-1+/t9-/m1/s1. The van der Waals surface area contributed by atoms with E-state index >= 15 is 0 Å². The molecular weight excluding hydrogens is 229 g/mol. The monoisotopic (exact) mass is 241 g/mol. The number of aromatic hydroxyl groups is 1. The van der Waals surface area contributed by atoms with E-state index in [1.54, 1.807) is 0 Å². The molecule has 17 heavy (non-hydrogen) atoms. The van der Waals surface area contributed by atoms with Crippen LogP contribution in [-0.4, -0.2) is 21.3 Å². The number of amides is 1. The van der Waals surface area contributed by atoms with Gasteiger partial charge in [0.1, 0.15) is 0 Å². The first-order valence-electron chi connectivity index (χ1n) is 4.81. The smallest absolute Gasteiger partial charge is 0.267 e. The first-order valence-corrected chi connectivity index (χ1v) is 4.81. The molecule has 92 valence electrons. The van der Waals surface area contributed by atoms with Crippen LogP contribution in [0.1, 0.15) is 18.1 Å². The average Bonchev–Trinajstić information content (AvgIpc) is 2.32. The lowest BCUT2D eigenvalue weighted by atomic mass is 10.1. The zero-order chi connectivity index (χ0) is 12.8. The number of hydroxylamine groups is 1.